The number of ether oxygens (including phenoxy) is 1. The van der Waals surface area contributed by atoms with Gasteiger partial charge in [0.1, 0.15) is 5.60 Å². The van der Waals surface area contributed by atoms with Crippen molar-refractivity contribution in [3.05, 3.63) is 71.9 Å². The second-order valence-corrected chi connectivity index (χ2v) is 8.05. The molecule has 0 unspecified atom stereocenters. The number of fused-ring (bicyclic) bond motifs is 1. The van der Waals surface area contributed by atoms with E-state index in [1.165, 1.54) is 0 Å². The normalized spacial score (nSPS) is 13.9. The Hall–Kier alpha value is -3.41. The molecule has 0 bridgehead atoms. The van der Waals surface area contributed by atoms with Gasteiger partial charge in [0.2, 0.25) is 0 Å². The highest BCUT2D eigenvalue weighted by atomic mass is 16.6. The smallest absolute Gasteiger partial charge is 0.407 e. The molecule has 2 rings (SSSR count). The fraction of sp³-hybridized carbons (Fsp3) is 0.320. The average Bonchev–Trinajstić information content (AvgIpc) is 2.67. The Kier molecular flexibility index (Phi) is 9.00. The fourth-order valence-electron chi connectivity index (χ4n) is 2.78. The van der Waals surface area contributed by atoms with Crippen LogP contribution in [0.1, 0.15) is 45.6 Å². The van der Waals surface area contributed by atoms with E-state index < -0.39 is 17.7 Å². The second kappa shape index (κ2) is 11.7. The maximum absolute atomic E-state index is 11.7. The van der Waals surface area contributed by atoms with E-state index >= 15 is 0 Å². The first-order valence-corrected chi connectivity index (χ1v) is 10.3. The van der Waals surface area contributed by atoms with Crippen molar-refractivity contribution in [2.24, 2.45) is 4.99 Å². The SMILES string of the molecule is CC(C)(C)OC(=O)NCCCCC1=Nc2ccccc2C=CC=CC(C(=O)O)=CC=C1. The van der Waals surface area contributed by atoms with Crippen LogP contribution in [0.5, 0.6) is 0 Å². The van der Waals surface area contributed by atoms with Crippen molar-refractivity contribution < 1.29 is 19.4 Å². The lowest BCUT2D eigenvalue weighted by molar-refractivity contribution is -0.132. The molecule has 1 amide bonds. The summed E-state index contributed by atoms with van der Waals surface area (Å²) in [6.45, 7) is 5.99. The van der Waals surface area contributed by atoms with Crippen molar-refractivity contribution in [2.45, 2.75) is 45.6 Å². The molecular weight excluding hydrogens is 392 g/mol. The Morgan fingerprint density at radius 2 is 1.77 bits per heavy atom. The third-order valence-electron chi connectivity index (χ3n) is 4.20. The number of hydrogen-bond acceptors (Lipinski definition) is 4. The van der Waals surface area contributed by atoms with Crippen LogP contribution in [0.2, 0.25) is 0 Å². The number of alkyl carbamates (subject to hydrolysis) is 1. The summed E-state index contributed by atoms with van der Waals surface area (Å²) in [5.74, 6) is -0.988. The number of para-hydroxylation sites is 1. The number of aliphatic carboxylic acids is 1. The standard InChI is InChI=1S/C25H30N2O4/c1-25(2,3)31-24(30)26-18-9-8-15-21-16-10-14-20(23(28)29)13-5-4-11-19-12-6-7-17-22(19)27-21/h4-7,10-14,16-17H,8-9,15,18H2,1-3H3,(H,26,30)(H,28,29). The van der Waals surface area contributed by atoms with Gasteiger partial charge < -0.3 is 15.2 Å². The van der Waals surface area contributed by atoms with Gasteiger partial charge in [0.15, 0.2) is 0 Å². The van der Waals surface area contributed by atoms with Crippen molar-refractivity contribution in [3.8, 4) is 0 Å². The first-order valence-electron chi connectivity index (χ1n) is 10.3. The summed E-state index contributed by atoms with van der Waals surface area (Å²) in [4.78, 5) is 27.9. The summed E-state index contributed by atoms with van der Waals surface area (Å²) < 4.78 is 5.23. The summed E-state index contributed by atoms with van der Waals surface area (Å²) in [6, 6.07) is 7.79. The van der Waals surface area contributed by atoms with Gasteiger partial charge in [-0.3, -0.25) is 4.99 Å². The first kappa shape index (κ1) is 23.9. The number of rotatable bonds is 6. The molecule has 164 valence electrons. The van der Waals surface area contributed by atoms with Crippen LogP contribution in [0.3, 0.4) is 0 Å². The third-order valence-corrected chi connectivity index (χ3v) is 4.20. The van der Waals surface area contributed by atoms with Gasteiger partial charge in [0, 0.05) is 17.8 Å². The number of aliphatic imine (C=N–C) groups is 1. The molecule has 1 aromatic rings. The third kappa shape index (κ3) is 9.30. The first-order chi connectivity index (χ1) is 14.7. The molecule has 0 aliphatic carbocycles. The number of amides is 1. The van der Waals surface area contributed by atoms with Crippen molar-refractivity contribution in [1.82, 2.24) is 5.32 Å². The molecular formula is C25H30N2O4. The van der Waals surface area contributed by atoms with Gasteiger partial charge in [0.05, 0.1) is 11.3 Å². The number of carboxylic acid groups (broad SMARTS) is 1. The quantitative estimate of drug-likeness (QED) is 0.584. The zero-order chi connectivity index (χ0) is 22.7. The van der Waals surface area contributed by atoms with Gasteiger partial charge in [-0.1, -0.05) is 42.5 Å². The van der Waals surface area contributed by atoms with Crippen molar-refractivity contribution >= 4 is 29.5 Å². The van der Waals surface area contributed by atoms with Gasteiger partial charge in [0.25, 0.3) is 0 Å². The van der Waals surface area contributed by atoms with E-state index in [1.54, 1.807) is 30.4 Å². The highest BCUT2D eigenvalue weighted by Crippen LogP contribution is 2.22. The van der Waals surface area contributed by atoms with Crippen molar-refractivity contribution in [1.29, 1.82) is 0 Å². The van der Waals surface area contributed by atoms with E-state index in [2.05, 4.69) is 5.32 Å². The number of carboxylic acids is 1. The monoisotopic (exact) mass is 422 g/mol. The molecule has 1 aliphatic heterocycles. The number of hydrogen-bond donors (Lipinski definition) is 2. The molecule has 31 heavy (non-hydrogen) atoms. The fourth-order valence-corrected chi connectivity index (χ4v) is 2.78. The molecule has 2 N–H and O–H groups in total. The number of unbranched alkanes of at least 4 members (excludes halogenated alkanes) is 1. The highest BCUT2D eigenvalue weighted by Gasteiger charge is 2.15. The number of nitrogens with one attached hydrogen (secondary N) is 1. The maximum Gasteiger partial charge on any atom is 0.407 e. The Labute approximate surface area is 183 Å². The predicted octanol–water partition coefficient (Wildman–Crippen LogP) is 5.60. The van der Waals surface area contributed by atoms with Crippen LogP contribution >= 0.6 is 0 Å². The second-order valence-electron chi connectivity index (χ2n) is 8.05. The average molecular weight is 423 g/mol. The topological polar surface area (TPSA) is 88.0 Å². The molecule has 6 nitrogen and oxygen atoms in total. The molecule has 6 heteroatoms. The van der Waals surface area contributed by atoms with Gasteiger partial charge in [-0.15, -0.1) is 0 Å². The molecule has 1 aliphatic rings. The lowest BCUT2D eigenvalue weighted by Crippen LogP contribution is -2.33. The summed E-state index contributed by atoms with van der Waals surface area (Å²) >= 11 is 0. The molecule has 1 aromatic carbocycles. The maximum atomic E-state index is 11.7. The van der Waals surface area contributed by atoms with E-state index in [1.807, 2.05) is 57.2 Å². The summed E-state index contributed by atoms with van der Waals surface area (Å²) in [5, 5.41) is 12.1. The molecule has 0 aromatic heterocycles. The van der Waals surface area contributed by atoms with Gasteiger partial charge in [-0.2, -0.15) is 0 Å². The Bertz CT molecular complexity index is 931. The Morgan fingerprint density at radius 3 is 2.52 bits per heavy atom. The summed E-state index contributed by atoms with van der Waals surface area (Å²) in [6.07, 6.45) is 13.9. The van der Waals surface area contributed by atoms with Gasteiger partial charge in [-0.25, -0.2) is 9.59 Å². The highest BCUT2D eigenvalue weighted by molar-refractivity contribution is 5.98. The van der Waals surface area contributed by atoms with Crippen molar-refractivity contribution in [3.63, 3.8) is 0 Å². The van der Waals surface area contributed by atoms with Crippen LogP contribution in [0.15, 0.2) is 71.3 Å². The molecule has 0 atom stereocenters. The van der Waals surface area contributed by atoms with E-state index in [4.69, 9.17) is 9.73 Å². The molecule has 0 spiro atoms. The van der Waals surface area contributed by atoms with Gasteiger partial charge >= 0.3 is 12.1 Å². The number of benzene rings is 1. The summed E-state index contributed by atoms with van der Waals surface area (Å²) in [5.41, 5.74) is 2.31. The Morgan fingerprint density at radius 1 is 1.03 bits per heavy atom. The van der Waals surface area contributed by atoms with E-state index in [-0.39, 0.29) is 5.57 Å². The molecule has 0 saturated heterocycles. The molecule has 0 radical (unpaired) electrons. The van der Waals surface area contributed by atoms with Crippen LogP contribution in [0, 0.1) is 0 Å². The number of nitrogens with zero attached hydrogens (tertiary/aromatic N) is 1. The minimum absolute atomic E-state index is 0.190. The number of allylic oxidation sites excluding steroid dienone is 5. The van der Waals surface area contributed by atoms with Crippen LogP contribution in [-0.4, -0.2) is 35.0 Å². The Balaban J connectivity index is 2.08. The lowest BCUT2D eigenvalue weighted by atomic mass is 10.1. The number of carbonyl (C=O) groups is 2. The summed E-state index contributed by atoms with van der Waals surface area (Å²) in [7, 11) is 0. The molecule has 0 fully saturated rings. The van der Waals surface area contributed by atoms with E-state index in [9.17, 15) is 14.7 Å². The molecule has 0 saturated carbocycles. The van der Waals surface area contributed by atoms with E-state index in [0.29, 0.717) is 13.0 Å². The zero-order valence-corrected chi connectivity index (χ0v) is 18.3. The van der Waals surface area contributed by atoms with E-state index in [0.717, 1.165) is 29.8 Å². The minimum atomic E-state index is -0.988. The van der Waals surface area contributed by atoms with Crippen LogP contribution < -0.4 is 5.32 Å². The largest absolute Gasteiger partial charge is 0.478 e. The predicted molar refractivity (Wildman–Crippen MR) is 125 cm³/mol. The number of carbonyl (C=O) groups excluding carboxylic acids is 1. The lowest BCUT2D eigenvalue weighted by Gasteiger charge is -2.19. The van der Waals surface area contributed by atoms with Gasteiger partial charge in [-0.05, 0) is 64.3 Å². The van der Waals surface area contributed by atoms with Crippen LogP contribution in [-0.2, 0) is 9.53 Å². The minimum Gasteiger partial charge on any atom is -0.478 e. The molecule has 1 heterocycles. The van der Waals surface area contributed by atoms with Crippen LogP contribution in [0.25, 0.3) is 6.08 Å². The van der Waals surface area contributed by atoms with Crippen LogP contribution in [0.4, 0.5) is 10.5 Å². The van der Waals surface area contributed by atoms with Crippen molar-refractivity contribution in [2.75, 3.05) is 6.54 Å². The zero-order valence-electron chi connectivity index (χ0n) is 18.3.